The fraction of sp³-hybridized carbons (Fsp3) is 0.333. The molecule has 2 rings (SSSR count). The van der Waals surface area contributed by atoms with Crippen LogP contribution >= 0.6 is 0 Å². The number of imidazole rings is 1. The van der Waals surface area contributed by atoms with Gasteiger partial charge in [-0.05, 0) is 12.5 Å². The smallest absolute Gasteiger partial charge is 0.258 e. The highest BCUT2D eigenvalue weighted by molar-refractivity contribution is 5.56. The minimum absolute atomic E-state index is 0.553. The van der Waals surface area contributed by atoms with Crippen molar-refractivity contribution >= 4 is 11.7 Å². The van der Waals surface area contributed by atoms with Crippen molar-refractivity contribution in [3.63, 3.8) is 0 Å². The highest BCUT2D eigenvalue weighted by Gasteiger charge is 2.06. The number of rotatable bonds is 4. The molecule has 0 bridgehead atoms. The molecule has 0 spiro atoms. The van der Waals surface area contributed by atoms with Gasteiger partial charge in [-0.25, -0.2) is 9.97 Å². The molecule has 0 atom stereocenters. The SMILES string of the molecule is CCC/C=C/c1cnc2c(OC)nccn12. The van der Waals surface area contributed by atoms with Gasteiger partial charge in [0.25, 0.3) is 5.88 Å². The number of allylic oxidation sites excluding steroid dienone is 1. The number of fused-ring (bicyclic) bond motifs is 1. The van der Waals surface area contributed by atoms with E-state index < -0.39 is 0 Å². The first kappa shape index (κ1) is 10.7. The van der Waals surface area contributed by atoms with Gasteiger partial charge in [0.1, 0.15) is 0 Å². The Morgan fingerprint density at radius 2 is 2.31 bits per heavy atom. The largest absolute Gasteiger partial charge is 0.478 e. The van der Waals surface area contributed by atoms with Crippen molar-refractivity contribution in [3.05, 3.63) is 30.4 Å². The summed E-state index contributed by atoms with van der Waals surface area (Å²) in [6.07, 6.45) is 11.9. The second-order valence-electron chi connectivity index (χ2n) is 3.50. The number of hydrogen-bond donors (Lipinski definition) is 0. The van der Waals surface area contributed by atoms with Crippen LogP contribution in [0.4, 0.5) is 0 Å². The zero-order valence-electron chi connectivity index (χ0n) is 9.55. The molecule has 2 heterocycles. The van der Waals surface area contributed by atoms with Gasteiger partial charge >= 0.3 is 0 Å². The van der Waals surface area contributed by atoms with Crippen LogP contribution in [0.3, 0.4) is 0 Å². The van der Waals surface area contributed by atoms with Crippen LogP contribution < -0.4 is 4.74 Å². The van der Waals surface area contributed by atoms with Crippen LogP contribution in [0.5, 0.6) is 5.88 Å². The van der Waals surface area contributed by atoms with Gasteiger partial charge in [0.2, 0.25) is 5.65 Å². The van der Waals surface area contributed by atoms with Gasteiger partial charge in [-0.1, -0.05) is 19.4 Å². The van der Waals surface area contributed by atoms with Crippen LogP contribution in [-0.2, 0) is 0 Å². The van der Waals surface area contributed by atoms with Gasteiger partial charge in [0.05, 0.1) is 19.0 Å². The van der Waals surface area contributed by atoms with Crippen LogP contribution in [-0.4, -0.2) is 21.5 Å². The fourth-order valence-electron chi connectivity index (χ4n) is 1.55. The number of aromatic nitrogens is 3. The van der Waals surface area contributed by atoms with E-state index in [-0.39, 0.29) is 0 Å². The molecule has 4 nitrogen and oxygen atoms in total. The summed E-state index contributed by atoms with van der Waals surface area (Å²) in [6.45, 7) is 2.16. The number of nitrogens with zero attached hydrogens (tertiary/aromatic N) is 3. The third-order valence-electron chi connectivity index (χ3n) is 2.36. The number of ether oxygens (including phenoxy) is 1. The van der Waals surface area contributed by atoms with Gasteiger partial charge in [-0.15, -0.1) is 0 Å². The predicted molar refractivity (Wildman–Crippen MR) is 63.5 cm³/mol. The highest BCUT2D eigenvalue weighted by Crippen LogP contribution is 2.16. The van der Waals surface area contributed by atoms with Crippen molar-refractivity contribution in [3.8, 4) is 5.88 Å². The summed E-state index contributed by atoms with van der Waals surface area (Å²) in [4.78, 5) is 8.40. The van der Waals surface area contributed by atoms with Gasteiger partial charge in [0.15, 0.2) is 0 Å². The molecule has 0 N–H and O–H groups in total. The molecule has 0 fully saturated rings. The monoisotopic (exact) mass is 217 g/mol. The lowest BCUT2D eigenvalue weighted by Gasteiger charge is -2.00. The zero-order chi connectivity index (χ0) is 11.4. The van der Waals surface area contributed by atoms with E-state index in [2.05, 4.69) is 29.0 Å². The minimum atomic E-state index is 0.553. The van der Waals surface area contributed by atoms with E-state index in [1.54, 1.807) is 13.3 Å². The van der Waals surface area contributed by atoms with E-state index in [1.165, 1.54) is 0 Å². The maximum absolute atomic E-state index is 5.15. The van der Waals surface area contributed by atoms with E-state index in [1.807, 2.05) is 16.8 Å². The minimum Gasteiger partial charge on any atom is -0.478 e. The number of unbranched alkanes of at least 4 members (excludes halogenated alkanes) is 1. The highest BCUT2D eigenvalue weighted by atomic mass is 16.5. The third kappa shape index (κ3) is 1.91. The number of hydrogen-bond acceptors (Lipinski definition) is 3. The molecule has 0 aliphatic carbocycles. The van der Waals surface area contributed by atoms with Crippen LogP contribution in [0.1, 0.15) is 25.5 Å². The fourth-order valence-corrected chi connectivity index (χ4v) is 1.55. The average molecular weight is 217 g/mol. The molecule has 84 valence electrons. The number of methoxy groups -OCH3 is 1. The molecule has 0 saturated carbocycles. The molecule has 0 aliphatic rings. The lowest BCUT2D eigenvalue weighted by Crippen LogP contribution is -1.94. The molecular weight excluding hydrogens is 202 g/mol. The lowest BCUT2D eigenvalue weighted by atomic mass is 10.3. The Kier molecular flexibility index (Phi) is 3.19. The van der Waals surface area contributed by atoms with Gasteiger partial charge in [-0.3, -0.25) is 4.40 Å². The Bertz CT molecular complexity index is 502. The zero-order valence-corrected chi connectivity index (χ0v) is 9.55. The van der Waals surface area contributed by atoms with Crippen molar-refractivity contribution in [1.29, 1.82) is 0 Å². The Hall–Kier alpha value is -1.84. The predicted octanol–water partition coefficient (Wildman–Crippen LogP) is 2.55. The average Bonchev–Trinajstić information content (AvgIpc) is 2.73. The molecule has 0 aliphatic heterocycles. The van der Waals surface area contributed by atoms with Crippen molar-refractivity contribution in [2.45, 2.75) is 19.8 Å². The summed E-state index contributed by atoms with van der Waals surface area (Å²) >= 11 is 0. The first-order valence-electron chi connectivity index (χ1n) is 5.39. The normalized spacial score (nSPS) is 11.4. The summed E-state index contributed by atoms with van der Waals surface area (Å²) in [5.41, 5.74) is 1.80. The van der Waals surface area contributed by atoms with Crippen LogP contribution in [0.25, 0.3) is 11.7 Å². The van der Waals surface area contributed by atoms with E-state index in [9.17, 15) is 0 Å². The Morgan fingerprint density at radius 1 is 1.44 bits per heavy atom. The van der Waals surface area contributed by atoms with Crippen molar-refractivity contribution in [2.24, 2.45) is 0 Å². The summed E-state index contributed by atoms with van der Waals surface area (Å²) in [5.74, 6) is 0.553. The summed E-state index contributed by atoms with van der Waals surface area (Å²) in [6, 6.07) is 0. The first-order valence-corrected chi connectivity index (χ1v) is 5.39. The van der Waals surface area contributed by atoms with Crippen LogP contribution in [0.2, 0.25) is 0 Å². The summed E-state index contributed by atoms with van der Waals surface area (Å²) < 4.78 is 7.12. The molecule has 0 unspecified atom stereocenters. The molecule has 2 aromatic heterocycles. The van der Waals surface area contributed by atoms with Gasteiger partial charge in [0, 0.05) is 12.4 Å². The second kappa shape index (κ2) is 4.79. The van der Waals surface area contributed by atoms with Crippen molar-refractivity contribution < 1.29 is 4.74 Å². The Morgan fingerprint density at radius 3 is 3.06 bits per heavy atom. The van der Waals surface area contributed by atoms with E-state index in [0.29, 0.717) is 5.88 Å². The Labute approximate surface area is 94.6 Å². The summed E-state index contributed by atoms with van der Waals surface area (Å²) in [5, 5.41) is 0. The molecular formula is C12H15N3O. The molecule has 0 amide bonds. The van der Waals surface area contributed by atoms with E-state index in [4.69, 9.17) is 4.74 Å². The van der Waals surface area contributed by atoms with Crippen molar-refractivity contribution in [1.82, 2.24) is 14.4 Å². The van der Waals surface area contributed by atoms with E-state index in [0.717, 1.165) is 24.2 Å². The third-order valence-corrected chi connectivity index (χ3v) is 2.36. The van der Waals surface area contributed by atoms with Gasteiger partial charge < -0.3 is 4.74 Å². The molecule has 4 heteroatoms. The second-order valence-corrected chi connectivity index (χ2v) is 3.50. The van der Waals surface area contributed by atoms with Gasteiger partial charge in [-0.2, -0.15) is 0 Å². The lowest BCUT2D eigenvalue weighted by molar-refractivity contribution is 0.400. The van der Waals surface area contributed by atoms with Crippen LogP contribution in [0, 0.1) is 0 Å². The molecule has 0 saturated heterocycles. The topological polar surface area (TPSA) is 39.4 Å². The maximum Gasteiger partial charge on any atom is 0.258 e. The molecule has 0 aromatic carbocycles. The van der Waals surface area contributed by atoms with E-state index >= 15 is 0 Å². The standard InChI is InChI=1S/C12H15N3O/c1-3-4-5-6-10-9-14-11-12(16-2)13-7-8-15(10)11/h5-9H,3-4H2,1-2H3/b6-5+. The molecule has 0 radical (unpaired) electrons. The molecule has 16 heavy (non-hydrogen) atoms. The first-order chi connectivity index (χ1) is 7.86. The quantitative estimate of drug-likeness (QED) is 0.790. The van der Waals surface area contributed by atoms with Crippen molar-refractivity contribution in [2.75, 3.05) is 7.11 Å². The Balaban J connectivity index is 2.41. The van der Waals surface area contributed by atoms with Crippen LogP contribution in [0.15, 0.2) is 24.7 Å². The molecule has 2 aromatic rings. The maximum atomic E-state index is 5.15. The summed E-state index contributed by atoms with van der Waals surface area (Å²) in [7, 11) is 1.60.